The van der Waals surface area contributed by atoms with Gasteiger partial charge in [0, 0.05) is 21.5 Å². The number of benzene rings is 3. The van der Waals surface area contributed by atoms with Gasteiger partial charge >= 0.3 is 12.3 Å². The number of carbonyl (C=O) groups is 2. The molecule has 0 heterocycles. The van der Waals surface area contributed by atoms with Gasteiger partial charge in [0.2, 0.25) is 0 Å². The third kappa shape index (κ3) is 5.66. The zero-order valence-electron chi connectivity index (χ0n) is 18.2. The van der Waals surface area contributed by atoms with Crippen LogP contribution in [0, 0.1) is 0 Å². The van der Waals surface area contributed by atoms with Crippen LogP contribution in [0.3, 0.4) is 0 Å². The summed E-state index contributed by atoms with van der Waals surface area (Å²) in [6, 6.07) is 14.5. The van der Waals surface area contributed by atoms with Crippen molar-refractivity contribution < 1.29 is 28.5 Å². The first-order chi connectivity index (χ1) is 15.7. The summed E-state index contributed by atoms with van der Waals surface area (Å²) in [6.45, 7) is 4.25. The molecule has 0 spiro atoms. The number of allylic oxidation sites excluding steroid dienone is 2. The molecule has 0 fully saturated rings. The number of ether oxygens (including phenoxy) is 4. The van der Waals surface area contributed by atoms with Crippen LogP contribution in [0.15, 0.2) is 72.8 Å². The van der Waals surface area contributed by atoms with Crippen LogP contribution in [0.2, 0.25) is 0 Å². The lowest BCUT2D eigenvalue weighted by molar-refractivity contribution is 0.0999. The van der Waals surface area contributed by atoms with Crippen molar-refractivity contribution in [3.63, 3.8) is 0 Å². The first-order valence-corrected chi connectivity index (χ1v) is 10.5. The Morgan fingerprint density at radius 3 is 1.31 bits per heavy atom. The van der Waals surface area contributed by atoms with Crippen LogP contribution in [-0.2, 0) is 9.47 Å². The molecule has 0 aliphatic carbocycles. The summed E-state index contributed by atoms with van der Waals surface area (Å²) in [6.07, 6.45) is 7.22. The van der Waals surface area contributed by atoms with Crippen molar-refractivity contribution in [2.24, 2.45) is 0 Å². The largest absolute Gasteiger partial charge is 0.513 e. The average molecular weight is 434 g/mol. The molecule has 0 aliphatic rings. The highest BCUT2D eigenvalue weighted by molar-refractivity contribution is 6.12. The highest BCUT2D eigenvalue weighted by atomic mass is 16.7. The van der Waals surface area contributed by atoms with E-state index in [1.54, 1.807) is 24.3 Å². The smallest absolute Gasteiger partial charge is 0.434 e. The van der Waals surface area contributed by atoms with Crippen LogP contribution < -0.4 is 9.47 Å². The Bertz CT molecular complexity index is 999. The minimum Gasteiger partial charge on any atom is -0.434 e. The fourth-order valence-corrected chi connectivity index (χ4v) is 3.25. The van der Waals surface area contributed by atoms with E-state index in [0.29, 0.717) is 45.9 Å². The Hall–Kier alpha value is -3.80. The van der Waals surface area contributed by atoms with E-state index in [-0.39, 0.29) is 13.2 Å². The average Bonchev–Trinajstić information content (AvgIpc) is 2.81. The lowest BCUT2D eigenvalue weighted by atomic mass is 10.0. The molecule has 0 radical (unpaired) electrons. The van der Waals surface area contributed by atoms with Crippen LogP contribution in [-0.4, -0.2) is 25.5 Å². The molecule has 166 valence electrons. The minimum atomic E-state index is -0.790. The fraction of sp³-hybridized carbons (Fsp3) is 0.231. The van der Waals surface area contributed by atoms with E-state index in [4.69, 9.17) is 18.9 Å². The second-order valence-electron chi connectivity index (χ2n) is 6.87. The molecule has 3 rings (SSSR count). The Morgan fingerprint density at radius 1 is 0.656 bits per heavy atom. The fourth-order valence-electron chi connectivity index (χ4n) is 3.25. The van der Waals surface area contributed by atoms with Gasteiger partial charge < -0.3 is 18.9 Å². The van der Waals surface area contributed by atoms with Crippen LogP contribution >= 0.6 is 0 Å². The first-order valence-electron chi connectivity index (χ1n) is 10.5. The molecule has 0 aliphatic heterocycles. The molecule has 6 heteroatoms. The predicted molar refractivity (Wildman–Crippen MR) is 124 cm³/mol. The molecule has 0 atom stereocenters. The zero-order chi connectivity index (χ0) is 22.8. The van der Waals surface area contributed by atoms with E-state index >= 15 is 0 Å². The SMILES string of the molecule is C/C=C/CCOC(=O)Oc1c2ccccc2c(OC(=O)OCC/C=C/C)c2ccccc12. The van der Waals surface area contributed by atoms with E-state index in [9.17, 15) is 9.59 Å². The molecule has 0 bridgehead atoms. The third-order valence-electron chi connectivity index (χ3n) is 4.68. The highest BCUT2D eigenvalue weighted by Crippen LogP contribution is 2.42. The van der Waals surface area contributed by atoms with Gasteiger partial charge in [0.25, 0.3) is 0 Å². The van der Waals surface area contributed by atoms with Gasteiger partial charge in [-0.15, -0.1) is 0 Å². The van der Waals surface area contributed by atoms with Crippen LogP contribution in [0.1, 0.15) is 26.7 Å². The van der Waals surface area contributed by atoms with Gasteiger partial charge in [-0.05, 0) is 26.7 Å². The van der Waals surface area contributed by atoms with Crippen LogP contribution in [0.25, 0.3) is 21.5 Å². The Kier molecular flexibility index (Phi) is 8.26. The number of hydrogen-bond acceptors (Lipinski definition) is 6. The van der Waals surface area contributed by atoms with Gasteiger partial charge in [-0.1, -0.05) is 72.8 Å². The summed E-state index contributed by atoms with van der Waals surface area (Å²) in [5.74, 6) is 0.696. The van der Waals surface area contributed by atoms with Crippen molar-refractivity contribution in [1.82, 2.24) is 0 Å². The summed E-state index contributed by atoms with van der Waals surface area (Å²) in [5.41, 5.74) is 0. The molecule has 0 aromatic heterocycles. The molecule has 6 nitrogen and oxygen atoms in total. The van der Waals surface area contributed by atoms with E-state index in [2.05, 4.69) is 0 Å². The second-order valence-corrected chi connectivity index (χ2v) is 6.87. The summed E-state index contributed by atoms with van der Waals surface area (Å²) in [7, 11) is 0. The predicted octanol–water partition coefficient (Wildman–Crippen LogP) is 6.96. The van der Waals surface area contributed by atoms with Gasteiger partial charge in [-0.25, -0.2) is 9.59 Å². The molecular weight excluding hydrogens is 408 g/mol. The highest BCUT2D eigenvalue weighted by Gasteiger charge is 2.20. The standard InChI is InChI=1S/C26H26O6/c1-3-5-11-17-29-25(27)31-23-19-13-7-9-15-21(19)24(22-16-10-8-14-20(22)23)32-26(28)30-18-12-6-4-2/h3-10,13-16H,11-12,17-18H2,1-2H3/b5-3+,6-4+. The first kappa shape index (κ1) is 22.9. The molecule has 0 amide bonds. The zero-order valence-corrected chi connectivity index (χ0v) is 18.2. The lowest BCUT2D eigenvalue weighted by Gasteiger charge is -2.16. The van der Waals surface area contributed by atoms with E-state index < -0.39 is 12.3 Å². The van der Waals surface area contributed by atoms with Crippen molar-refractivity contribution in [3.8, 4) is 11.5 Å². The molecule has 3 aromatic carbocycles. The molecular formula is C26H26O6. The second kappa shape index (κ2) is 11.6. The molecule has 0 N–H and O–H groups in total. The van der Waals surface area contributed by atoms with Gasteiger partial charge in [0.05, 0.1) is 13.2 Å². The molecule has 3 aromatic rings. The van der Waals surface area contributed by atoms with Crippen molar-refractivity contribution in [2.75, 3.05) is 13.2 Å². The number of carbonyl (C=O) groups excluding carboxylic acids is 2. The maximum Gasteiger partial charge on any atom is 0.513 e. The van der Waals surface area contributed by atoms with Crippen molar-refractivity contribution >= 4 is 33.9 Å². The molecule has 32 heavy (non-hydrogen) atoms. The summed E-state index contributed by atoms with van der Waals surface area (Å²) in [4.78, 5) is 24.6. The summed E-state index contributed by atoms with van der Waals surface area (Å²) in [5, 5.41) is 2.48. The Morgan fingerprint density at radius 2 is 1.00 bits per heavy atom. The van der Waals surface area contributed by atoms with Crippen molar-refractivity contribution in [2.45, 2.75) is 26.7 Å². The normalized spacial score (nSPS) is 11.3. The topological polar surface area (TPSA) is 71.1 Å². The van der Waals surface area contributed by atoms with Crippen molar-refractivity contribution in [1.29, 1.82) is 0 Å². The molecule has 0 saturated carbocycles. The third-order valence-corrected chi connectivity index (χ3v) is 4.68. The quantitative estimate of drug-likeness (QED) is 0.125. The van der Waals surface area contributed by atoms with Gasteiger partial charge in [-0.3, -0.25) is 0 Å². The van der Waals surface area contributed by atoms with E-state index in [0.717, 1.165) is 0 Å². The molecule has 0 saturated heterocycles. The lowest BCUT2D eigenvalue weighted by Crippen LogP contribution is -2.13. The maximum atomic E-state index is 12.3. The van der Waals surface area contributed by atoms with Crippen molar-refractivity contribution in [3.05, 3.63) is 72.8 Å². The molecule has 0 unspecified atom stereocenters. The van der Waals surface area contributed by atoms with Gasteiger partial charge in [0.1, 0.15) is 11.5 Å². The Balaban J connectivity index is 1.95. The summed E-state index contributed by atoms with van der Waals surface area (Å²) >= 11 is 0. The monoisotopic (exact) mass is 434 g/mol. The maximum absolute atomic E-state index is 12.3. The van der Waals surface area contributed by atoms with E-state index in [1.807, 2.05) is 62.4 Å². The minimum absolute atomic E-state index is 0.222. The Labute approximate surface area is 187 Å². The van der Waals surface area contributed by atoms with Crippen LogP contribution in [0.5, 0.6) is 11.5 Å². The number of rotatable bonds is 8. The van der Waals surface area contributed by atoms with Gasteiger partial charge in [-0.2, -0.15) is 0 Å². The van der Waals surface area contributed by atoms with Crippen LogP contribution in [0.4, 0.5) is 9.59 Å². The van der Waals surface area contributed by atoms with Gasteiger partial charge in [0.15, 0.2) is 0 Å². The summed E-state index contributed by atoms with van der Waals surface area (Å²) < 4.78 is 21.6. The van der Waals surface area contributed by atoms with E-state index in [1.165, 1.54) is 0 Å². The number of hydrogen-bond donors (Lipinski definition) is 0. The number of fused-ring (bicyclic) bond motifs is 2.